The van der Waals surface area contributed by atoms with Crippen LogP contribution < -0.4 is 11.2 Å². The van der Waals surface area contributed by atoms with Crippen LogP contribution in [-0.2, 0) is 21.4 Å². The number of rotatable bonds is 4. The quantitative estimate of drug-likeness (QED) is 0.737. The Kier molecular flexibility index (Phi) is 5.01. The van der Waals surface area contributed by atoms with Crippen LogP contribution in [0, 0.1) is 10.5 Å². The molecule has 2 aromatic rings. The largest absolute Gasteiger partial charge is 0.368 e. The number of benzene rings is 1. The Morgan fingerprint density at radius 3 is 2.45 bits per heavy atom. The monoisotopic (exact) mass is 431 g/mol. The van der Waals surface area contributed by atoms with Crippen LogP contribution in [0.3, 0.4) is 0 Å². The number of nitrogens with zero attached hydrogens (tertiary/aromatic N) is 2. The van der Waals surface area contributed by atoms with E-state index < -0.39 is 15.9 Å². The molecule has 116 valence electrons. The normalized spacial score (nSPS) is 12.4. The molecular formula is C14H14IN3O3S. The second kappa shape index (κ2) is 6.61. The Labute approximate surface area is 141 Å². The Morgan fingerprint density at radius 2 is 1.86 bits per heavy atom. The van der Waals surface area contributed by atoms with Crippen molar-refractivity contribution < 1.29 is 13.2 Å². The fraction of sp³-hybridized carbons (Fsp3) is 0.143. The first kappa shape index (κ1) is 16.7. The number of hydrogen-bond acceptors (Lipinski definition) is 3. The summed E-state index contributed by atoms with van der Waals surface area (Å²) in [6, 6.07) is 9.65. The Balaban J connectivity index is 2.56. The van der Waals surface area contributed by atoms with Crippen LogP contribution in [0.15, 0.2) is 51.9 Å². The molecule has 0 spiro atoms. The van der Waals surface area contributed by atoms with Gasteiger partial charge >= 0.3 is 0 Å². The lowest BCUT2D eigenvalue weighted by atomic mass is 10.2. The van der Waals surface area contributed by atoms with E-state index in [1.807, 2.05) is 6.92 Å². The minimum absolute atomic E-state index is 0.0993. The maximum absolute atomic E-state index is 12.3. The molecule has 0 saturated heterocycles. The highest BCUT2D eigenvalue weighted by molar-refractivity contribution is 14.1. The lowest BCUT2D eigenvalue weighted by Crippen LogP contribution is -2.29. The molecule has 0 aliphatic rings. The van der Waals surface area contributed by atoms with Crippen molar-refractivity contribution in [3.8, 4) is 0 Å². The molecule has 6 nitrogen and oxygen atoms in total. The number of carbonyl (C=O) groups is 1. The van der Waals surface area contributed by atoms with Crippen LogP contribution in [0.2, 0.25) is 0 Å². The van der Waals surface area contributed by atoms with E-state index in [0.717, 1.165) is 9.13 Å². The summed E-state index contributed by atoms with van der Waals surface area (Å²) in [5, 5.41) is 0. The number of carbonyl (C=O) groups excluding carboxylic acids is 1. The van der Waals surface area contributed by atoms with Crippen molar-refractivity contribution in [2.45, 2.75) is 18.4 Å². The number of sulfonamides is 1. The second-order valence-corrected chi connectivity index (χ2v) is 7.53. The average molecular weight is 431 g/mol. The minimum Gasteiger partial charge on any atom is -0.368 e. The molecule has 8 heteroatoms. The zero-order valence-corrected chi connectivity index (χ0v) is 14.7. The number of aromatic nitrogens is 1. The summed E-state index contributed by atoms with van der Waals surface area (Å²) in [7, 11) is -3.85. The topological polar surface area (TPSA) is 94.5 Å². The Hall–Kier alpha value is -1.68. The van der Waals surface area contributed by atoms with E-state index in [1.165, 1.54) is 22.8 Å². The molecule has 0 aliphatic heterocycles. The average Bonchev–Trinajstić information content (AvgIpc) is 2.41. The predicted molar refractivity (Wildman–Crippen MR) is 90.3 cm³/mol. The summed E-state index contributed by atoms with van der Waals surface area (Å²) >= 11 is 2.06. The first-order chi connectivity index (χ1) is 10.3. The zero-order valence-electron chi connectivity index (χ0n) is 11.7. The van der Waals surface area contributed by atoms with Gasteiger partial charge in [-0.25, -0.2) is 0 Å². The summed E-state index contributed by atoms with van der Waals surface area (Å²) in [5.41, 5.74) is 6.29. The Morgan fingerprint density at radius 1 is 1.23 bits per heavy atom. The molecular weight excluding hydrogens is 417 g/mol. The molecule has 1 amide bonds. The van der Waals surface area contributed by atoms with E-state index in [-0.39, 0.29) is 16.9 Å². The summed E-state index contributed by atoms with van der Waals surface area (Å²) < 4.78 is 30.7. The van der Waals surface area contributed by atoms with Crippen LogP contribution in [0.4, 0.5) is 0 Å². The molecule has 1 heterocycles. The summed E-state index contributed by atoms with van der Waals surface area (Å²) in [6.07, 6.45) is 1.62. The predicted octanol–water partition coefficient (Wildman–Crippen LogP) is 1.18. The van der Waals surface area contributed by atoms with Crippen molar-refractivity contribution in [3.05, 3.63) is 57.2 Å². The van der Waals surface area contributed by atoms with Crippen LogP contribution in [-0.4, -0.2) is 18.9 Å². The van der Waals surface area contributed by atoms with Gasteiger partial charge in [-0.2, -0.15) is 8.42 Å². The number of halogens is 1. The van der Waals surface area contributed by atoms with Crippen molar-refractivity contribution in [2.75, 3.05) is 0 Å². The molecule has 0 unspecified atom stereocenters. The SMILES string of the molecule is Cc1ccc(S(=O)(=O)/N=c2\ccc(I)cn2CC(N)=O)cc1. The van der Waals surface area contributed by atoms with Crippen molar-refractivity contribution in [2.24, 2.45) is 10.1 Å². The highest BCUT2D eigenvalue weighted by Crippen LogP contribution is 2.12. The van der Waals surface area contributed by atoms with E-state index in [9.17, 15) is 13.2 Å². The van der Waals surface area contributed by atoms with E-state index >= 15 is 0 Å². The molecule has 0 aliphatic carbocycles. The lowest BCUT2D eigenvalue weighted by molar-refractivity contribution is -0.118. The number of primary amides is 1. The van der Waals surface area contributed by atoms with Gasteiger partial charge in [0.25, 0.3) is 10.0 Å². The maximum Gasteiger partial charge on any atom is 0.284 e. The van der Waals surface area contributed by atoms with Gasteiger partial charge in [0.1, 0.15) is 12.0 Å². The van der Waals surface area contributed by atoms with Gasteiger partial charge in [0.15, 0.2) is 0 Å². The molecule has 0 atom stereocenters. The van der Waals surface area contributed by atoms with Gasteiger partial charge in [-0.05, 0) is 53.8 Å². The third-order valence-corrected chi connectivity index (χ3v) is 4.76. The van der Waals surface area contributed by atoms with Crippen LogP contribution >= 0.6 is 22.6 Å². The standard InChI is InChI=1S/C14H14IN3O3S/c1-10-2-5-12(6-3-10)22(20,21)17-14-7-4-11(15)8-18(14)9-13(16)19/h2-8H,9H2,1H3,(H2,16,19)/b17-14+. The van der Waals surface area contributed by atoms with Crippen LogP contribution in [0.5, 0.6) is 0 Å². The zero-order chi connectivity index (χ0) is 16.3. The van der Waals surface area contributed by atoms with Crippen molar-refractivity contribution >= 4 is 38.5 Å². The fourth-order valence-electron chi connectivity index (χ4n) is 1.77. The number of hydrogen-bond donors (Lipinski definition) is 1. The van der Waals surface area contributed by atoms with Gasteiger partial charge in [-0.1, -0.05) is 17.7 Å². The van der Waals surface area contributed by atoms with Crippen molar-refractivity contribution in [1.29, 1.82) is 0 Å². The van der Waals surface area contributed by atoms with E-state index in [0.29, 0.717) is 0 Å². The van der Waals surface area contributed by atoms with E-state index in [1.54, 1.807) is 24.4 Å². The first-order valence-electron chi connectivity index (χ1n) is 6.30. The molecule has 0 saturated carbocycles. The third kappa shape index (κ3) is 4.17. The molecule has 22 heavy (non-hydrogen) atoms. The summed E-state index contributed by atoms with van der Waals surface area (Å²) in [4.78, 5) is 11.2. The highest BCUT2D eigenvalue weighted by atomic mass is 127. The van der Waals surface area contributed by atoms with Gasteiger partial charge in [0.2, 0.25) is 5.91 Å². The van der Waals surface area contributed by atoms with Gasteiger partial charge in [-0.15, -0.1) is 4.40 Å². The third-order valence-electron chi connectivity index (χ3n) is 2.82. The Bertz CT molecular complexity index is 871. The molecule has 2 N–H and O–H groups in total. The number of nitrogens with two attached hydrogens (primary N) is 1. The highest BCUT2D eigenvalue weighted by Gasteiger charge is 2.12. The van der Waals surface area contributed by atoms with Gasteiger partial charge < -0.3 is 10.3 Å². The summed E-state index contributed by atoms with van der Waals surface area (Å²) in [6.45, 7) is 1.73. The molecule has 0 fully saturated rings. The molecule has 0 bridgehead atoms. The van der Waals surface area contributed by atoms with E-state index in [2.05, 4.69) is 27.0 Å². The van der Waals surface area contributed by atoms with Gasteiger partial charge in [0.05, 0.1) is 4.90 Å². The molecule has 1 aromatic heterocycles. The maximum atomic E-state index is 12.3. The van der Waals surface area contributed by atoms with E-state index in [4.69, 9.17) is 5.73 Å². The van der Waals surface area contributed by atoms with Gasteiger partial charge in [0, 0.05) is 9.77 Å². The minimum atomic E-state index is -3.85. The molecule has 1 aromatic carbocycles. The van der Waals surface area contributed by atoms with Gasteiger partial charge in [-0.3, -0.25) is 4.79 Å². The van der Waals surface area contributed by atoms with Crippen molar-refractivity contribution in [3.63, 3.8) is 0 Å². The second-order valence-electron chi connectivity index (χ2n) is 4.68. The number of aryl methyl sites for hydroxylation is 1. The smallest absolute Gasteiger partial charge is 0.284 e. The fourth-order valence-corrected chi connectivity index (χ4v) is 3.28. The first-order valence-corrected chi connectivity index (χ1v) is 8.82. The lowest BCUT2D eigenvalue weighted by Gasteiger charge is -2.06. The van der Waals surface area contributed by atoms with Crippen LogP contribution in [0.25, 0.3) is 0 Å². The van der Waals surface area contributed by atoms with Crippen LogP contribution in [0.1, 0.15) is 5.56 Å². The number of amides is 1. The summed E-state index contributed by atoms with van der Waals surface area (Å²) in [5.74, 6) is -0.573. The number of pyridine rings is 1. The molecule has 0 radical (unpaired) electrons. The van der Waals surface area contributed by atoms with Crippen molar-refractivity contribution in [1.82, 2.24) is 4.57 Å². The molecule has 2 rings (SSSR count).